The molecule has 0 N–H and O–H groups in total. The zero-order valence-corrected chi connectivity index (χ0v) is 23.6. The molecule has 1 heterocycles. The van der Waals surface area contributed by atoms with Crippen molar-refractivity contribution in [1.29, 1.82) is 0 Å². The van der Waals surface area contributed by atoms with E-state index >= 15 is 0 Å². The Labute approximate surface area is 215 Å². The highest BCUT2D eigenvalue weighted by molar-refractivity contribution is 4.89. The van der Waals surface area contributed by atoms with Gasteiger partial charge >= 0.3 is 0 Å². The Morgan fingerprint density at radius 2 is 0.559 bits per heavy atom. The highest BCUT2D eigenvalue weighted by atomic mass is 14.9. The Bertz CT molecular complexity index is 463. The minimum absolute atomic E-state index is 1.20. The van der Waals surface area contributed by atoms with Gasteiger partial charge in [-0.3, -0.25) is 0 Å². The number of rotatable bonds is 28. The van der Waals surface area contributed by atoms with Crippen LogP contribution >= 0.6 is 0 Å². The third-order valence-electron chi connectivity index (χ3n) is 7.69. The number of hydrogen-bond acceptors (Lipinski definition) is 0. The van der Waals surface area contributed by atoms with Crippen LogP contribution in [-0.2, 0) is 6.54 Å². The fourth-order valence-electron chi connectivity index (χ4n) is 5.31. The lowest BCUT2D eigenvalue weighted by molar-refractivity contribution is 0.512. The summed E-state index contributed by atoms with van der Waals surface area (Å²) in [4.78, 5) is 0. The number of aryl methyl sites for hydroxylation is 1. The standard InChI is InChI=1S/C33H63N/c1-2-3-4-5-6-7-8-9-10-11-12-13-14-15-16-17-18-19-20-21-22-23-24-25-26-27-28-31-34-32-29-30-33-34/h29-30,32-33H,2-28,31H2,1H3. The number of aromatic nitrogens is 1. The fourth-order valence-corrected chi connectivity index (χ4v) is 5.31. The van der Waals surface area contributed by atoms with Crippen LogP contribution in [0.1, 0.15) is 180 Å². The largest absolute Gasteiger partial charge is 0.354 e. The van der Waals surface area contributed by atoms with Crippen molar-refractivity contribution in [3.63, 3.8) is 0 Å². The van der Waals surface area contributed by atoms with E-state index in [9.17, 15) is 0 Å². The van der Waals surface area contributed by atoms with Gasteiger partial charge in [0.1, 0.15) is 0 Å². The third kappa shape index (κ3) is 23.0. The molecular weight excluding hydrogens is 410 g/mol. The average Bonchev–Trinajstić information content (AvgIpc) is 3.37. The number of unbranched alkanes of at least 4 members (excludes halogenated alkanes) is 26. The minimum Gasteiger partial charge on any atom is -0.354 e. The van der Waals surface area contributed by atoms with Gasteiger partial charge in [0.2, 0.25) is 0 Å². The summed E-state index contributed by atoms with van der Waals surface area (Å²) >= 11 is 0. The van der Waals surface area contributed by atoms with E-state index in [1.807, 2.05) is 0 Å². The van der Waals surface area contributed by atoms with Gasteiger partial charge in [0.25, 0.3) is 0 Å². The van der Waals surface area contributed by atoms with Crippen LogP contribution in [0, 0.1) is 0 Å². The first kappa shape index (κ1) is 31.3. The Morgan fingerprint density at radius 3 is 0.824 bits per heavy atom. The quantitative estimate of drug-likeness (QED) is 0.107. The molecule has 0 aliphatic carbocycles. The molecule has 34 heavy (non-hydrogen) atoms. The van der Waals surface area contributed by atoms with Crippen LogP contribution in [0.25, 0.3) is 0 Å². The van der Waals surface area contributed by atoms with Gasteiger partial charge in [0, 0.05) is 18.9 Å². The van der Waals surface area contributed by atoms with Crippen LogP contribution in [0.5, 0.6) is 0 Å². The van der Waals surface area contributed by atoms with Crippen molar-refractivity contribution in [1.82, 2.24) is 4.57 Å². The van der Waals surface area contributed by atoms with E-state index in [2.05, 4.69) is 36.0 Å². The zero-order valence-electron chi connectivity index (χ0n) is 23.6. The van der Waals surface area contributed by atoms with Crippen LogP contribution in [0.2, 0.25) is 0 Å². The molecule has 0 aromatic carbocycles. The highest BCUT2D eigenvalue weighted by Gasteiger charge is 1.97. The molecule has 1 aromatic rings. The van der Waals surface area contributed by atoms with Gasteiger partial charge < -0.3 is 4.57 Å². The maximum absolute atomic E-state index is 2.31. The SMILES string of the molecule is CCCCCCCCCCCCCCCCCCCCCCCCCCCCCn1cccc1. The smallest absolute Gasteiger partial charge is 0.0219 e. The molecule has 0 saturated carbocycles. The van der Waals surface area contributed by atoms with Crippen LogP contribution in [0.4, 0.5) is 0 Å². The molecule has 0 radical (unpaired) electrons. The lowest BCUT2D eigenvalue weighted by atomic mass is 10.0. The van der Waals surface area contributed by atoms with Crippen molar-refractivity contribution in [3.8, 4) is 0 Å². The minimum atomic E-state index is 1.20. The number of nitrogens with zero attached hydrogens (tertiary/aromatic N) is 1. The van der Waals surface area contributed by atoms with E-state index in [0.717, 1.165) is 0 Å². The molecule has 0 unspecified atom stereocenters. The van der Waals surface area contributed by atoms with Crippen LogP contribution in [0.15, 0.2) is 24.5 Å². The molecule has 0 spiro atoms. The second-order valence-corrected chi connectivity index (χ2v) is 11.1. The summed E-state index contributed by atoms with van der Waals surface area (Å²) in [6, 6.07) is 4.25. The van der Waals surface area contributed by atoms with Gasteiger partial charge in [-0.1, -0.05) is 174 Å². The third-order valence-corrected chi connectivity index (χ3v) is 7.69. The molecule has 1 aromatic heterocycles. The first-order chi connectivity index (χ1) is 16.9. The van der Waals surface area contributed by atoms with Crippen molar-refractivity contribution >= 4 is 0 Å². The van der Waals surface area contributed by atoms with Gasteiger partial charge in [-0.25, -0.2) is 0 Å². The number of hydrogen-bond donors (Lipinski definition) is 0. The molecule has 0 atom stereocenters. The van der Waals surface area contributed by atoms with E-state index in [4.69, 9.17) is 0 Å². The van der Waals surface area contributed by atoms with E-state index in [-0.39, 0.29) is 0 Å². The molecular formula is C33H63N. The molecule has 0 fully saturated rings. The fraction of sp³-hybridized carbons (Fsp3) is 0.879. The summed E-state index contributed by atoms with van der Waals surface area (Å²) in [5, 5.41) is 0. The molecule has 0 bridgehead atoms. The Kier molecular flexibility index (Phi) is 24.8. The van der Waals surface area contributed by atoms with E-state index < -0.39 is 0 Å². The first-order valence-electron chi connectivity index (χ1n) is 16.0. The summed E-state index contributed by atoms with van der Waals surface area (Å²) in [5.74, 6) is 0. The summed E-state index contributed by atoms with van der Waals surface area (Å²) < 4.78 is 2.31. The second kappa shape index (κ2) is 26.9. The second-order valence-electron chi connectivity index (χ2n) is 11.1. The maximum Gasteiger partial charge on any atom is 0.0219 e. The molecule has 0 aliphatic heterocycles. The maximum atomic E-state index is 2.31. The van der Waals surface area contributed by atoms with Crippen LogP contribution in [0.3, 0.4) is 0 Å². The summed E-state index contributed by atoms with van der Waals surface area (Å²) in [7, 11) is 0. The van der Waals surface area contributed by atoms with Gasteiger partial charge in [-0.15, -0.1) is 0 Å². The molecule has 1 nitrogen and oxygen atoms in total. The van der Waals surface area contributed by atoms with Gasteiger partial charge in [-0.05, 0) is 18.6 Å². The topological polar surface area (TPSA) is 4.93 Å². The highest BCUT2D eigenvalue weighted by Crippen LogP contribution is 2.16. The monoisotopic (exact) mass is 473 g/mol. The summed E-state index contributed by atoms with van der Waals surface area (Å²) in [5.41, 5.74) is 0. The zero-order chi connectivity index (χ0) is 24.2. The van der Waals surface area contributed by atoms with Crippen molar-refractivity contribution in [3.05, 3.63) is 24.5 Å². The Hall–Kier alpha value is -0.720. The summed E-state index contributed by atoms with van der Waals surface area (Å²) in [6.07, 6.45) is 43.9. The Morgan fingerprint density at radius 1 is 0.324 bits per heavy atom. The predicted octanol–water partition coefficient (Wildman–Crippen LogP) is 12.0. The van der Waals surface area contributed by atoms with E-state index in [1.54, 1.807) is 0 Å². The van der Waals surface area contributed by atoms with Crippen molar-refractivity contribution in [2.24, 2.45) is 0 Å². The lowest BCUT2D eigenvalue weighted by Gasteiger charge is -2.05. The van der Waals surface area contributed by atoms with Gasteiger partial charge in [0.15, 0.2) is 0 Å². The van der Waals surface area contributed by atoms with Gasteiger partial charge in [0.05, 0.1) is 0 Å². The molecule has 0 aliphatic rings. The molecule has 1 rings (SSSR count). The normalized spacial score (nSPS) is 11.4. The van der Waals surface area contributed by atoms with Crippen LogP contribution < -0.4 is 0 Å². The predicted molar refractivity (Wildman–Crippen MR) is 155 cm³/mol. The van der Waals surface area contributed by atoms with Crippen LogP contribution in [-0.4, -0.2) is 4.57 Å². The first-order valence-corrected chi connectivity index (χ1v) is 16.0. The van der Waals surface area contributed by atoms with E-state index in [0.29, 0.717) is 0 Å². The molecule has 0 saturated heterocycles. The van der Waals surface area contributed by atoms with Crippen molar-refractivity contribution in [2.75, 3.05) is 0 Å². The van der Waals surface area contributed by atoms with Gasteiger partial charge in [-0.2, -0.15) is 0 Å². The lowest BCUT2D eigenvalue weighted by Crippen LogP contribution is -1.93. The molecule has 0 amide bonds. The summed E-state index contributed by atoms with van der Waals surface area (Å²) in [6.45, 7) is 3.51. The average molecular weight is 474 g/mol. The molecule has 200 valence electrons. The Balaban J connectivity index is 1.61. The molecule has 1 heteroatoms. The van der Waals surface area contributed by atoms with E-state index in [1.165, 1.54) is 180 Å². The van der Waals surface area contributed by atoms with Crippen molar-refractivity contribution in [2.45, 2.75) is 187 Å². The van der Waals surface area contributed by atoms with Crippen molar-refractivity contribution < 1.29 is 0 Å².